The average Bonchev–Trinajstić information content (AvgIpc) is 2.83. The Hall–Kier alpha value is -1.54. The summed E-state index contributed by atoms with van der Waals surface area (Å²) in [7, 11) is 0. The molecule has 0 amide bonds. The molecule has 0 aliphatic carbocycles. The fraction of sp³-hybridized carbons (Fsp3) is 0.231. The van der Waals surface area contributed by atoms with Gasteiger partial charge in [-0.15, -0.1) is 23.1 Å². The highest BCUT2D eigenvalue weighted by atomic mass is 32.2. The number of halogens is 3. The lowest BCUT2D eigenvalue weighted by Crippen LogP contribution is -2.09. The van der Waals surface area contributed by atoms with Gasteiger partial charge < -0.3 is 0 Å². The molecule has 21 heavy (non-hydrogen) atoms. The molecule has 0 aliphatic heterocycles. The summed E-state index contributed by atoms with van der Waals surface area (Å²) in [4.78, 5) is 4.67. The number of hydrogen-bond acceptors (Lipinski definition) is 5. The molecule has 0 bridgehead atoms. The summed E-state index contributed by atoms with van der Waals surface area (Å²) in [6.07, 6.45) is -1.52. The van der Waals surface area contributed by atoms with Gasteiger partial charge in [0.1, 0.15) is 0 Å². The van der Waals surface area contributed by atoms with E-state index in [4.69, 9.17) is 0 Å². The quantitative estimate of drug-likeness (QED) is 0.504. The van der Waals surface area contributed by atoms with Crippen LogP contribution >= 0.6 is 23.1 Å². The molecule has 3 nitrogen and oxygen atoms in total. The van der Waals surface area contributed by atoms with Crippen molar-refractivity contribution in [3.63, 3.8) is 0 Å². The average molecular weight is 331 g/mol. The maximum atomic E-state index is 13.0. The molecule has 0 spiro atoms. The Morgan fingerprint density at radius 1 is 1.38 bits per heavy atom. The van der Waals surface area contributed by atoms with E-state index in [-0.39, 0.29) is 5.56 Å². The molecule has 0 radical (unpaired) electrons. The first-order valence-electron chi connectivity index (χ1n) is 5.86. The molecule has 1 heterocycles. The van der Waals surface area contributed by atoms with Crippen molar-refractivity contribution in [1.82, 2.24) is 4.98 Å². The highest BCUT2D eigenvalue weighted by Gasteiger charge is 2.33. The van der Waals surface area contributed by atoms with Crippen LogP contribution in [0.2, 0.25) is 0 Å². The molecule has 1 aromatic heterocycles. The lowest BCUT2D eigenvalue weighted by molar-refractivity contribution is -0.137. The molecule has 1 aromatic carbocycles. The topological polar surface area (TPSA) is 37.3 Å². The minimum absolute atomic E-state index is 0.0149. The van der Waals surface area contributed by atoms with E-state index in [9.17, 15) is 13.2 Å². The van der Waals surface area contributed by atoms with Crippen LogP contribution in [0, 0.1) is 6.92 Å². The first-order valence-corrected chi connectivity index (χ1v) is 7.97. The molecule has 0 saturated carbocycles. The summed E-state index contributed by atoms with van der Waals surface area (Å²) < 4.78 is 39.0. The third-order valence-corrected chi connectivity index (χ3v) is 4.14. The van der Waals surface area contributed by atoms with Crippen LogP contribution in [-0.4, -0.2) is 17.5 Å². The van der Waals surface area contributed by atoms with Crippen LogP contribution in [0.15, 0.2) is 33.6 Å². The minimum Gasteiger partial charge on any atom is -0.253 e. The van der Waals surface area contributed by atoms with Crippen molar-refractivity contribution in [1.29, 1.82) is 0 Å². The van der Waals surface area contributed by atoms with Gasteiger partial charge in [0.2, 0.25) is 5.13 Å². The van der Waals surface area contributed by atoms with E-state index in [0.717, 1.165) is 18.0 Å². The van der Waals surface area contributed by atoms with Crippen LogP contribution < -0.4 is 5.43 Å². The number of hydrogen-bond donors (Lipinski definition) is 1. The van der Waals surface area contributed by atoms with Crippen molar-refractivity contribution in [3.05, 3.63) is 40.4 Å². The summed E-state index contributed by atoms with van der Waals surface area (Å²) in [6.45, 7) is 1.83. The Labute approximate surface area is 128 Å². The van der Waals surface area contributed by atoms with Crippen molar-refractivity contribution in [2.24, 2.45) is 5.10 Å². The summed E-state index contributed by atoms with van der Waals surface area (Å²) in [5, 5.41) is 6.19. The second-order valence-electron chi connectivity index (χ2n) is 4.11. The number of nitrogens with zero attached hydrogens (tertiary/aromatic N) is 2. The summed E-state index contributed by atoms with van der Waals surface area (Å²) in [5.74, 6) is 0. The molecule has 0 saturated heterocycles. The number of nitrogens with one attached hydrogen (secondary N) is 1. The standard InChI is InChI=1S/C13H12F3N3S2/c1-8-7-21-12(18-8)19-17-6-9-3-4-10(20-2)5-11(9)13(14,15)16/h3-7H,1-2H3,(H,18,19). The van der Waals surface area contributed by atoms with E-state index in [1.807, 2.05) is 12.3 Å². The highest BCUT2D eigenvalue weighted by Crippen LogP contribution is 2.33. The Kier molecular flexibility index (Phi) is 4.89. The number of rotatable bonds is 4. The molecule has 2 aromatic rings. The zero-order chi connectivity index (χ0) is 15.5. The fourth-order valence-electron chi connectivity index (χ4n) is 1.58. The molecular weight excluding hydrogens is 319 g/mol. The summed E-state index contributed by atoms with van der Waals surface area (Å²) in [6, 6.07) is 4.17. The maximum absolute atomic E-state index is 13.0. The summed E-state index contributed by atoms with van der Waals surface area (Å²) >= 11 is 2.60. The predicted octanol–water partition coefficient (Wildman–Crippen LogP) is 4.64. The second-order valence-corrected chi connectivity index (χ2v) is 5.85. The molecule has 1 N–H and O–H groups in total. The van der Waals surface area contributed by atoms with Crippen molar-refractivity contribution < 1.29 is 13.2 Å². The lowest BCUT2D eigenvalue weighted by atomic mass is 10.1. The Balaban J connectivity index is 2.22. The smallest absolute Gasteiger partial charge is 0.253 e. The SMILES string of the molecule is CSc1ccc(C=NNc2nc(C)cs2)c(C(F)(F)F)c1. The second kappa shape index (κ2) is 6.48. The minimum atomic E-state index is -4.41. The van der Waals surface area contributed by atoms with E-state index in [1.54, 1.807) is 12.3 Å². The van der Waals surface area contributed by atoms with Crippen molar-refractivity contribution >= 4 is 34.4 Å². The van der Waals surface area contributed by atoms with Gasteiger partial charge in [-0.3, -0.25) is 5.43 Å². The Morgan fingerprint density at radius 3 is 2.71 bits per heavy atom. The van der Waals surface area contributed by atoms with E-state index in [0.29, 0.717) is 10.0 Å². The van der Waals surface area contributed by atoms with Crippen molar-refractivity contribution in [3.8, 4) is 0 Å². The van der Waals surface area contributed by atoms with Crippen LogP contribution in [0.5, 0.6) is 0 Å². The van der Waals surface area contributed by atoms with Crippen LogP contribution in [0.3, 0.4) is 0 Å². The molecule has 0 fully saturated rings. The van der Waals surface area contributed by atoms with Crippen LogP contribution in [-0.2, 0) is 6.18 Å². The van der Waals surface area contributed by atoms with Gasteiger partial charge in [0, 0.05) is 15.8 Å². The van der Waals surface area contributed by atoms with Crippen molar-refractivity contribution in [2.75, 3.05) is 11.7 Å². The number of aryl methyl sites for hydroxylation is 1. The molecule has 112 valence electrons. The normalized spacial score (nSPS) is 12.0. The number of thiazole rings is 1. The van der Waals surface area contributed by atoms with Gasteiger partial charge in [0.15, 0.2) is 0 Å². The van der Waals surface area contributed by atoms with Gasteiger partial charge in [-0.2, -0.15) is 18.3 Å². The van der Waals surface area contributed by atoms with E-state index < -0.39 is 11.7 Å². The highest BCUT2D eigenvalue weighted by molar-refractivity contribution is 7.98. The predicted molar refractivity (Wildman–Crippen MR) is 81.3 cm³/mol. The van der Waals surface area contributed by atoms with Gasteiger partial charge in [0.05, 0.1) is 17.5 Å². The molecule has 8 heteroatoms. The maximum Gasteiger partial charge on any atom is 0.417 e. The molecule has 0 atom stereocenters. The lowest BCUT2D eigenvalue weighted by Gasteiger charge is -2.11. The third kappa shape index (κ3) is 4.21. The first-order chi connectivity index (χ1) is 9.90. The van der Waals surface area contributed by atoms with Crippen LogP contribution in [0.1, 0.15) is 16.8 Å². The number of benzene rings is 1. The van der Waals surface area contributed by atoms with E-state index >= 15 is 0 Å². The zero-order valence-corrected chi connectivity index (χ0v) is 12.9. The molecule has 0 unspecified atom stereocenters. The number of alkyl halides is 3. The van der Waals surface area contributed by atoms with Gasteiger partial charge >= 0.3 is 6.18 Å². The third-order valence-electron chi connectivity index (χ3n) is 2.55. The summed E-state index contributed by atoms with van der Waals surface area (Å²) in [5.41, 5.74) is 2.77. The number of thioether (sulfide) groups is 1. The Bertz CT molecular complexity index is 650. The number of anilines is 1. The molecular formula is C13H12F3N3S2. The van der Waals surface area contributed by atoms with Gasteiger partial charge in [0.25, 0.3) is 0 Å². The molecule has 2 rings (SSSR count). The van der Waals surface area contributed by atoms with Gasteiger partial charge in [-0.05, 0) is 25.3 Å². The van der Waals surface area contributed by atoms with E-state index in [1.165, 1.54) is 29.2 Å². The zero-order valence-electron chi connectivity index (χ0n) is 11.2. The van der Waals surface area contributed by atoms with Gasteiger partial charge in [-0.1, -0.05) is 6.07 Å². The monoisotopic (exact) mass is 331 g/mol. The fourth-order valence-corrected chi connectivity index (χ4v) is 2.66. The largest absolute Gasteiger partial charge is 0.417 e. The molecule has 0 aliphatic rings. The van der Waals surface area contributed by atoms with Crippen molar-refractivity contribution in [2.45, 2.75) is 18.0 Å². The number of hydrazone groups is 1. The van der Waals surface area contributed by atoms with Gasteiger partial charge in [-0.25, -0.2) is 4.98 Å². The Morgan fingerprint density at radius 2 is 2.14 bits per heavy atom. The first kappa shape index (κ1) is 15.8. The van der Waals surface area contributed by atoms with Crippen LogP contribution in [0.25, 0.3) is 0 Å². The van der Waals surface area contributed by atoms with E-state index in [2.05, 4.69) is 15.5 Å². The number of aromatic nitrogens is 1. The van der Waals surface area contributed by atoms with Crippen LogP contribution in [0.4, 0.5) is 18.3 Å².